The van der Waals surface area contributed by atoms with E-state index in [1.165, 1.54) is 7.11 Å². The average molecular weight is 1550 g/mol. The first-order valence-corrected chi connectivity index (χ1v) is 38.5. The van der Waals surface area contributed by atoms with Gasteiger partial charge in [0.2, 0.25) is 35.4 Å². The Morgan fingerprint density at radius 1 is 0.312 bits per heavy atom. The molecule has 31 heteroatoms. The number of carbonyl (C=O) groups excluding carboxylic acids is 8. The minimum Gasteiger partial charge on any atom is -0.487 e. The third kappa shape index (κ3) is 41.6. The van der Waals surface area contributed by atoms with Crippen LogP contribution in [0, 0.1) is 29.6 Å². The Kier molecular flexibility index (Phi) is 46.4. The van der Waals surface area contributed by atoms with E-state index in [1.54, 1.807) is 57.2 Å². The van der Waals surface area contributed by atoms with Crippen LogP contribution in [-0.2, 0) is 103 Å². The van der Waals surface area contributed by atoms with Crippen molar-refractivity contribution in [3.8, 4) is 23.0 Å². The van der Waals surface area contributed by atoms with Crippen LogP contribution in [0.1, 0.15) is 133 Å². The molecule has 0 saturated carbocycles. The van der Waals surface area contributed by atoms with E-state index in [-0.39, 0.29) is 127 Å². The maximum Gasteiger partial charge on any atom is 0.408 e. The fourth-order valence-electron chi connectivity index (χ4n) is 11.2. The smallest absolute Gasteiger partial charge is 0.408 e. The highest BCUT2D eigenvalue weighted by Gasteiger charge is 2.37. The summed E-state index contributed by atoms with van der Waals surface area (Å²) in [5, 5.41) is 20.0. The Morgan fingerprint density at radius 2 is 0.532 bits per heavy atom. The second-order valence-electron chi connectivity index (χ2n) is 29.7. The molecule has 620 valence electrons. The molecule has 2 aliphatic rings. The molecule has 0 aliphatic carbocycles. The van der Waals surface area contributed by atoms with Gasteiger partial charge < -0.3 is 113 Å². The molecule has 0 radical (unpaired) electrons. The lowest BCUT2D eigenvalue weighted by molar-refractivity contribution is -0.146. The van der Waals surface area contributed by atoms with Gasteiger partial charge in [0.05, 0.1) is 139 Å². The first-order valence-electron chi connectivity index (χ1n) is 38.5. The highest BCUT2D eigenvalue weighted by Crippen LogP contribution is 2.31. The Labute approximate surface area is 645 Å². The van der Waals surface area contributed by atoms with Gasteiger partial charge in [0, 0.05) is 12.8 Å². The summed E-state index contributed by atoms with van der Waals surface area (Å²) in [7, 11) is 1.22. The second kappa shape index (κ2) is 53.6. The molecule has 7 atom stereocenters. The fraction of sp³-hybridized carbons (Fsp3) is 0.744. The van der Waals surface area contributed by atoms with Crippen molar-refractivity contribution in [2.75, 3.05) is 166 Å². The van der Waals surface area contributed by atoms with E-state index in [4.69, 9.17) is 75.8 Å². The molecule has 0 spiro atoms. The molecule has 7 amide bonds. The largest absolute Gasteiger partial charge is 0.487 e. The van der Waals surface area contributed by atoms with Gasteiger partial charge in [-0.25, -0.2) is 9.59 Å². The van der Waals surface area contributed by atoms with Crippen molar-refractivity contribution in [3.63, 3.8) is 0 Å². The van der Waals surface area contributed by atoms with Gasteiger partial charge in [-0.2, -0.15) is 0 Å². The highest BCUT2D eigenvalue weighted by molar-refractivity contribution is 5.97. The van der Waals surface area contributed by atoms with Crippen LogP contribution >= 0.6 is 0 Å². The van der Waals surface area contributed by atoms with Crippen molar-refractivity contribution >= 4 is 47.5 Å². The van der Waals surface area contributed by atoms with Gasteiger partial charge in [-0.05, 0) is 118 Å². The molecule has 7 N–H and O–H groups in total. The molecule has 4 rings (SSSR count). The van der Waals surface area contributed by atoms with Gasteiger partial charge in [0.1, 0.15) is 74.3 Å². The number of benzene rings is 2. The first-order chi connectivity index (χ1) is 52.1. The quantitative estimate of drug-likeness (QED) is 0.0525. The number of hydrogen-bond donors (Lipinski definition) is 7. The standard InChI is InChI=1S/C78H129N7O24/c1-52(2)43-59(70(86)80-61(45-54(5)6)72(88)82-64(75(91)84-65(47-56(9)10)76(92)94-14)49-58-16-18-67-69(51-58)108-42-38-104-34-30-100-26-22-96-20-24-98-28-32-102-36-40-106-67)79-71(87)60(44-53(3)4)81-74(90)63(83-73(89)62(46-55(7)8)85-77(93)109-78(11,12)13)48-57-15-17-66-68(50-57)107-41-37-103-33-29-99-25-21-95-19-23-97-27-31-101-35-39-105-66/h15-18,50-56,59-65H,19-49H2,1-14H3,(H,79,87)(H,80,86)(H,81,90)(H,82,88)(H,83,89)(H,84,91)(H,85,93)/t59-,60-,61-,62-,63-,64-,65-/m0/s1. The highest BCUT2D eigenvalue weighted by atomic mass is 16.6. The topological polar surface area (TPSA) is 368 Å². The molecule has 2 aromatic carbocycles. The van der Waals surface area contributed by atoms with E-state index < -0.39 is 95.4 Å². The first kappa shape index (κ1) is 94.2. The van der Waals surface area contributed by atoms with Crippen molar-refractivity contribution in [3.05, 3.63) is 47.5 Å². The van der Waals surface area contributed by atoms with E-state index in [2.05, 4.69) is 37.2 Å². The van der Waals surface area contributed by atoms with Crippen LogP contribution in [-0.4, -0.2) is 261 Å². The Hall–Kier alpha value is -7.20. The molecule has 31 nitrogen and oxygen atoms in total. The van der Waals surface area contributed by atoms with Crippen LogP contribution in [0.5, 0.6) is 23.0 Å². The summed E-state index contributed by atoms with van der Waals surface area (Å²) in [6.07, 6.45) is -0.541. The van der Waals surface area contributed by atoms with Gasteiger partial charge in [-0.1, -0.05) is 81.4 Å². The Morgan fingerprint density at radius 3 is 0.789 bits per heavy atom. The van der Waals surface area contributed by atoms with Gasteiger partial charge in [-0.15, -0.1) is 0 Å². The summed E-state index contributed by atoms with van der Waals surface area (Å²) in [5.41, 5.74) is 0.126. The summed E-state index contributed by atoms with van der Waals surface area (Å²) in [4.78, 5) is 116. The van der Waals surface area contributed by atoms with E-state index in [0.29, 0.717) is 140 Å². The predicted octanol–water partition coefficient (Wildman–Crippen LogP) is 5.39. The van der Waals surface area contributed by atoms with Crippen LogP contribution in [0.3, 0.4) is 0 Å². The molecule has 2 heterocycles. The van der Waals surface area contributed by atoms with Gasteiger partial charge in [0.15, 0.2) is 23.0 Å². The molecule has 2 aliphatic heterocycles. The molecule has 0 aromatic heterocycles. The molecule has 109 heavy (non-hydrogen) atoms. The third-order valence-electron chi connectivity index (χ3n) is 16.3. The van der Waals surface area contributed by atoms with Crippen LogP contribution in [0.25, 0.3) is 0 Å². The predicted molar refractivity (Wildman–Crippen MR) is 404 cm³/mol. The number of amides is 7. The minimum absolute atomic E-state index is 0.0597. The van der Waals surface area contributed by atoms with Gasteiger partial charge in [-0.3, -0.25) is 28.8 Å². The lowest BCUT2D eigenvalue weighted by Gasteiger charge is -2.29. The number of ether oxygens (including phenoxy) is 16. The molecule has 2 aromatic rings. The molecular weight excluding hydrogens is 1420 g/mol. The van der Waals surface area contributed by atoms with Gasteiger partial charge in [0.25, 0.3) is 0 Å². The van der Waals surface area contributed by atoms with Gasteiger partial charge >= 0.3 is 12.1 Å². The van der Waals surface area contributed by atoms with Crippen LogP contribution in [0.15, 0.2) is 36.4 Å². The maximum absolute atomic E-state index is 15.2. The van der Waals surface area contributed by atoms with E-state index in [1.807, 2.05) is 69.2 Å². The lowest BCUT2D eigenvalue weighted by atomic mass is 9.97. The van der Waals surface area contributed by atoms with E-state index >= 15 is 14.4 Å². The van der Waals surface area contributed by atoms with Crippen molar-refractivity contribution in [1.29, 1.82) is 0 Å². The summed E-state index contributed by atoms with van der Waals surface area (Å²) in [6, 6.07) is 1.28. The SMILES string of the molecule is COC(=O)[C@H](CC(C)C)NC(=O)[C@H](Cc1ccc2c(c1)OCCOCCOCCOCCOCCOCCO2)NC(=O)[C@H](CC(C)C)NC(=O)[C@H](CC(C)C)NC(=O)[C@H](CC(C)C)NC(=O)[C@H](Cc1ccc2c(c1)OCCOCCOCCOCCOCCOCCO2)NC(=O)[C@H](CC(C)C)NC(=O)OC(C)(C)C. The third-order valence-corrected chi connectivity index (χ3v) is 16.3. The van der Waals surface area contributed by atoms with Crippen LogP contribution in [0.2, 0.25) is 0 Å². The van der Waals surface area contributed by atoms with Crippen molar-refractivity contribution in [2.24, 2.45) is 29.6 Å². The van der Waals surface area contributed by atoms with Crippen molar-refractivity contribution in [1.82, 2.24) is 37.2 Å². The van der Waals surface area contributed by atoms with Crippen molar-refractivity contribution in [2.45, 2.75) is 183 Å². The Bertz CT molecular complexity index is 2970. The number of rotatable bonds is 28. The number of nitrogens with one attached hydrogen (secondary N) is 7. The zero-order chi connectivity index (χ0) is 79.9. The number of fused-ring (bicyclic) bond motifs is 2. The number of alkyl carbamates (subject to hydrolysis) is 1. The average Bonchev–Trinajstić information content (AvgIpc) is 0.841. The molecule has 0 saturated heterocycles. The molecule has 0 bridgehead atoms. The number of methoxy groups -OCH3 is 1. The zero-order valence-electron chi connectivity index (χ0n) is 67.1. The summed E-state index contributed by atoms with van der Waals surface area (Å²) in [6.45, 7) is 31.0. The minimum atomic E-state index is -1.40. The maximum atomic E-state index is 15.2. The zero-order valence-corrected chi connectivity index (χ0v) is 67.1. The van der Waals surface area contributed by atoms with Crippen molar-refractivity contribution < 1.29 is 114 Å². The number of carbonyl (C=O) groups is 8. The monoisotopic (exact) mass is 1550 g/mol. The molecule has 0 unspecified atom stereocenters. The summed E-state index contributed by atoms with van der Waals surface area (Å²) >= 11 is 0. The number of esters is 1. The molecule has 0 fully saturated rings. The normalized spacial score (nSPS) is 17.9. The summed E-state index contributed by atoms with van der Waals surface area (Å²) in [5.74, 6) is -4.53. The lowest BCUT2D eigenvalue weighted by Crippen LogP contribution is -2.60. The van der Waals surface area contributed by atoms with E-state index in [0.717, 1.165) is 0 Å². The molecular formula is C78H129N7O24. The fourth-order valence-corrected chi connectivity index (χ4v) is 11.2. The second-order valence-corrected chi connectivity index (χ2v) is 29.7. The summed E-state index contributed by atoms with van der Waals surface area (Å²) < 4.78 is 92.0. The Balaban J connectivity index is 1.69. The van der Waals surface area contributed by atoms with Crippen LogP contribution in [0.4, 0.5) is 4.79 Å². The van der Waals surface area contributed by atoms with E-state index in [9.17, 15) is 24.0 Å². The van der Waals surface area contributed by atoms with Crippen LogP contribution < -0.4 is 56.2 Å². The number of hydrogen-bond acceptors (Lipinski definition) is 24.